The quantitative estimate of drug-likeness (QED) is 0.766. The number of aromatic amines is 1. The van der Waals surface area contributed by atoms with Crippen molar-refractivity contribution in [3.8, 4) is 11.3 Å². The van der Waals surface area contributed by atoms with Crippen molar-refractivity contribution >= 4 is 5.91 Å². The summed E-state index contributed by atoms with van der Waals surface area (Å²) in [5.74, 6) is 0.549. The Morgan fingerprint density at radius 1 is 1.37 bits per heavy atom. The van der Waals surface area contributed by atoms with E-state index in [0.29, 0.717) is 18.3 Å². The molecule has 0 unspecified atom stereocenters. The molecule has 6 nitrogen and oxygen atoms in total. The molecule has 0 radical (unpaired) electrons. The summed E-state index contributed by atoms with van der Waals surface area (Å²) in [5, 5.41) is 20.4. The molecule has 4 atom stereocenters. The molecule has 0 bridgehead atoms. The molecular formula is C20H25FN4O2. The van der Waals surface area contributed by atoms with Gasteiger partial charge in [0.15, 0.2) is 0 Å². The number of rotatable bonds is 4. The van der Waals surface area contributed by atoms with Gasteiger partial charge in [0, 0.05) is 37.7 Å². The van der Waals surface area contributed by atoms with Crippen LogP contribution in [-0.2, 0) is 11.3 Å². The fourth-order valence-corrected chi connectivity index (χ4v) is 4.64. The number of aromatic nitrogens is 2. The number of likely N-dealkylation sites (tertiary alicyclic amines) is 1. The first-order valence-electron chi connectivity index (χ1n) is 9.45. The molecule has 2 aromatic rings. The number of aliphatic hydroxyl groups excluding tert-OH is 1. The number of carbonyl (C=O) groups is 1. The predicted molar refractivity (Wildman–Crippen MR) is 99.1 cm³/mol. The lowest BCUT2D eigenvalue weighted by atomic mass is 9.77. The molecule has 2 heterocycles. The normalized spacial score (nSPS) is 28.1. The first-order chi connectivity index (χ1) is 13.0. The molecule has 1 aromatic heterocycles. The first-order valence-corrected chi connectivity index (χ1v) is 9.45. The number of nitrogens with zero attached hydrogens (tertiary/aromatic N) is 2. The molecule has 1 saturated carbocycles. The number of halogens is 1. The molecule has 4 rings (SSSR count). The summed E-state index contributed by atoms with van der Waals surface area (Å²) < 4.78 is 13.6. The van der Waals surface area contributed by atoms with Crippen molar-refractivity contribution in [2.45, 2.75) is 38.5 Å². The zero-order chi connectivity index (χ0) is 19.0. The second-order valence-corrected chi connectivity index (χ2v) is 7.84. The van der Waals surface area contributed by atoms with Gasteiger partial charge in [-0.05, 0) is 36.8 Å². The van der Waals surface area contributed by atoms with E-state index < -0.39 is 6.10 Å². The summed E-state index contributed by atoms with van der Waals surface area (Å²) in [6, 6.07) is 6.36. The van der Waals surface area contributed by atoms with Crippen LogP contribution in [0.3, 0.4) is 0 Å². The second kappa shape index (κ2) is 7.40. The zero-order valence-electron chi connectivity index (χ0n) is 15.4. The lowest BCUT2D eigenvalue weighted by molar-refractivity contribution is -0.121. The first kappa shape index (κ1) is 18.1. The van der Waals surface area contributed by atoms with Gasteiger partial charge in [0.25, 0.3) is 0 Å². The van der Waals surface area contributed by atoms with Gasteiger partial charge < -0.3 is 10.4 Å². The lowest BCUT2D eigenvalue weighted by Crippen LogP contribution is -2.48. The molecule has 1 amide bonds. The van der Waals surface area contributed by atoms with E-state index in [1.807, 2.05) is 6.07 Å². The summed E-state index contributed by atoms with van der Waals surface area (Å²) in [6.07, 6.45) is 2.85. The van der Waals surface area contributed by atoms with E-state index in [-0.39, 0.29) is 17.8 Å². The molecule has 27 heavy (non-hydrogen) atoms. The topological polar surface area (TPSA) is 81.2 Å². The van der Waals surface area contributed by atoms with Gasteiger partial charge in [0.2, 0.25) is 5.91 Å². The maximum atomic E-state index is 13.6. The molecule has 0 spiro atoms. The summed E-state index contributed by atoms with van der Waals surface area (Å²) >= 11 is 0. The zero-order valence-corrected chi connectivity index (χ0v) is 15.4. The van der Waals surface area contributed by atoms with Crippen LogP contribution in [-0.4, -0.2) is 51.3 Å². The van der Waals surface area contributed by atoms with Crippen molar-refractivity contribution in [1.29, 1.82) is 0 Å². The Morgan fingerprint density at radius 3 is 2.89 bits per heavy atom. The predicted octanol–water partition coefficient (Wildman–Crippen LogP) is 1.92. The monoisotopic (exact) mass is 372 g/mol. The number of aliphatic hydroxyl groups is 1. The van der Waals surface area contributed by atoms with Crippen molar-refractivity contribution in [3.63, 3.8) is 0 Å². The van der Waals surface area contributed by atoms with Crippen LogP contribution in [0.15, 0.2) is 30.5 Å². The number of amides is 1. The Bertz CT molecular complexity index is 824. The van der Waals surface area contributed by atoms with Crippen LogP contribution in [0, 0.1) is 17.7 Å². The Hall–Kier alpha value is -2.25. The molecular weight excluding hydrogens is 347 g/mol. The summed E-state index contributed by atoms with van der Waals surface area (Å²) in [5.41, 5.74) is 2.68. The van der Waals surface area contributed by atoms with Gasteiger partial charge in [-0.25, -0.2) is 4.39 Å². The Kier molecular flexibility index (Phi) is 4.97. The number of hydrogen-bond donors (Lipinski definition) is 3. The number of nitrogens with one attached hydrogen (secondary N) is 2. The van der Waals surface area contributed by atoms with Gasteiger partial charge in [-0.2, -0.15) is 5.10 Å². The highest BCUT2D eigenvalue weighted by Crippen LogP contribution is 2.37. The number of hydrogen-bond acceptors (Lipinski definition) is 4. The molecule has 144 valence electrons. The van der Waals surface area contributed by atoms with Crippen LogP contribution in [0.4, 0.5) is 4.39 Å². The summed E-state index contributed by atoms with van der Waals surface area (Å²) in [4.78, 5) is 13.7. The number of benzene rings is 1. The van der Waals surface area contributed by atoms with Gasteiger partial charge >= 0.3 is 0 Å². The highest BCUT2D eigenvalue weighted by Gasteiger charge is 2.42. The number of H-pyrrole nitrogens is 1. The van der Waals surface area contributed by atoms with E-state index in [1.54, 1.807) is 12.3 Å². The number of carbonyl (C=O) groups excluding carboxylic acids is 1. The van der Waals surface area contributed by atoms with Crippen LogP contribution < -0.4 is 5.32 Å². The van der Waals surface area contributed by atoms with E-state index >= 15 is 0 Å². The standard InChI is InChI=1S/C20H25FN4O2/c1-12(26)23-18-6-14-9-25(10-15(14)7-19(18)27)11-16-8-22-24-20(16)13-3-2-4-17(21)5-13/h2-5,8,14-15,18-19,27H,6-7,9-11H2,1H3,(H,22,24)(H,23,26)/t14-,15+,18-,19-/m1/s1. The molecule has 2 aliphatic rings. The fourth-order valence-electron chi connectivity index (χ4n) is 4.64. The minimum absolute atomic E-state index is 0.0921. The molecule has 7 heteroatoms. The van der Waals surface area contributed by atoms with Gasteiger partial charge in [-0.3, -0.25) is 14.8 Å². The van der Waals surface area contributed by atoms with Crippen LogP contribution in [0.2, 0.25) is 0 Å². The molecule has 3 N–H and O–H groups in total. The molecule has 1 aliphatic heterocycles. The van der Waals surface area contributed by atoms with Crippen molar-refractivity contribution in [3.05, 3.63) is 41.8 Å². The van der Waals surface area contributed by atoms with Crippen LogP contribution in [0.1, 0.15) is 25.3 Å². The smallest absolute Gasteiger partial charge is 0.217 e. The van der Waals surface area contributed by atoms with Gasteiger partial charge in [-0.1, -0.05) is 12.1 Å². The SMILES string of the molecule is CC(=O)N[C@@H]1C[C@@H]2CN(Cc3cn[nH]c3-c3cccc(F)c3)C[C@@H]2C[C@H]1O. The van der Waals surface area contributed by atoms with E-state index in [4.69, 9.17) is 0 Å². The van der Waals surface area contributed by atoms with Gasteiger partial charge in [0.1, 0.15) is 5.82 Å². The van der Waals surface area contributed by atoms with Gasteiger partial charge in [-0.15, -0.1) is 0 Å². The van der Waals surface area contributed by atoms with E-state index in [0.717, 1.165) is 42.9 Å². The van der Waals surface area contributed by atoms with E-state index in [2.05, 4.69) is 20.4 Å². The highest BCUT2D eigenvalue weighted by atomic mass is 19.1. The highest BCUT2D eigenvalue weighted by molar-refractivity contribution is 5.73. The van der Waals surface area contributed by atoms with E-state index in [9.17, 15) is 14.3 Å². The maximum Gasteiger partial charge on any atom is 0.217 e. The average molecular weight is 372 g/mol. The molecule has 1 aromatic carbocycles. The largest absolute Gasteiger partial charge is 0.391 e. The van der Waals surface area contributed by atoms with E-state index in [1.165, 1.54) is 19.1 Å². The minimum atomic E-state index is -0.480. The fraction of sp³-hybridized carbons (Fsp3) is 0.500. The van der Waals surface area contributed by atoms with Crippen molar-refractivity contribution in [2.75, 3.05) is 13.1 Å². The minimum Gasteiger partial charge on any atom is -0.391 e. The summed E-state index contributed by atoms with van der Waals surface area (Å²) in [7, 11) is 0. The van der Waals surface area contributed by atoms with Crippen molar-refractivity contribution in [2.24, 2.45) is 11.8 Å². The van der Waals surface area contributed by atoms with Crippen LogP contribution >= 0.6 is 0 Å². The van der Waals surface area contributed by atoms with Crippen LogP contribution in [0.25, 0.3) is 11.3 Å². The molecule has 1 aliphatic carbocycles. The van der Waals surface area contributed by atoms with Crippen LogP contribution in [0.5, 0.6) is 0 Å². The second-order valence-electron chi connectivity index (χ2n) is 7.84. The maximum absolute atomic E-state index is 13.6. The third kappa shape index (κ3) is 3.89. The molecule has 1 saturated heterocycles. The van der Waals surface area contributed by atoms with Crippen molar-refractivity contribution in [1.82, 2.24) is 20.4 Å². The van der Waals surface area contributed by atoms with Crippen molar-refractivity contribution < 1.29 is 14.3 Å². The average Bonchev–Trinajstić information content (AvgIpc) is 3.21. The molecule has 2 fully saturated rings. The Balaban J connectivity index is 1.44. The van der Waals surface area contributed by atoms with Gasteiger partial charge in [0.05, 0.1) is 24.0 Å². The lowest BCUT2D eigenvalue weighted by Gasteiger charge is -2.35. The third-order valence-electron chi connectivity index (χ3n) is 5.83. The number of fused-ring (bicyclic) bond motifs is 1. The third-order valence-corrected chi connectivity index (χ3v) is 5.83. The summed E-state index contributed by atoms with van der Waals surface area (Å²) in [6.45, 7) is 4.08. The Morgan fingerprint density at radius 2 is 2.15 bits per heavy atom. The Labute approximate surface area is 157 Å².